The summed E-state index contributed by atoms with van der Waals surface area (Å²) in [5.74, 6) is 0.292. The van der Waals surface area contributed by atoms with Gasteiger partial charge in [0.2, 0.25) is 3.79 Å². The number of aromatic nitrogens is 4. The zero-order valence-corrected chi connectivity index (χ0v) is 17.4. The Morgan fingerprint density at radius 2 is 1.83 bits per heavy atom. The molecule has 1 atom stereocenters. The smallest absolute Gasteiger partial charge is 0.253 e. The lowest BCUT2D eigenvalue weighted by Crippen LogP contribution is -2.40. The third kappa shape index (κ3) is 4.25. The van der Waals surface area contributed by atoms with Crippen LogP contribution in [0.2, 0.25) is 0 Å². The van der Waals surface area contributed by atoms with Gasteiger partial charge in [0.15, 0.2) is 23.1 Å². The predicted octanol–water partition coefficient (Wildman–Crippen LogP) is 2.96. The number of imidazole rings is 1. The Kier molecular flexibility index (Phi) is 5.78. The van der Waals surface area contributed by atoms with E-state index >= 15 is 0 Å². The SMILES string of the molecule is O=C(NC(n1cnc2c(N3CCOCC3)ncnc21)C(Cl)(Cl)Cl)c1ccccc1. The van der Waals surface area contributed by atoms with Crippen LogP contribution in [0.1, 0.15) is 16.5 Å². The van der Waals surface area contributed by atoms with Crippen LogP contribution >= 0.6 is 34.8 Å². The van der Waals surface area contributed by atoms with Crippen molar-refractivity contribution in [3.8, 4) is 0 Å². The normalized spacial score (nSPS) is 16.0. The molecule has 0 spiro atoms. The summed E-state index contributed by atoms with van der Waals surface area (Å²) in [5, 5.41) is 2.76. The molecule has 3 heterocycles. The molecule has 1 N–H and O–H groups in total. The molecular formula is C18H17Cl3N6O2. The zero-order chi connectivity index (χ0) is 20.4. The number of alkyl halides is 3. The number of halogens is 3. The van der Waals surface area contributed by atoms with Crippen molar-refractivity contribution in [2.45, 2.75) is 9.96 Å². The van der Waals surface area contributed by atoms with Gasteiger partial charge >= 0.3 is 0 Å². The number of hydrogen-bond donors (Lipinski definition) is 1. The van der Waals surface area contributed by atoms with Crippen LogP contribution < -0.4 is 10.2 Å². The maximum absolute atomic E-state index is 12.7. The molecule has 1 unspecified atom stereocenters. The quantitative estimate of drug-likeness (QED) is 0.609. The third-order valence-corrected chi connectivity index (χ3v) is 5.16. The molecule has 1 amide bonds. The topological polar surface area (TPSA) is 85.2 Å². The van der Waals surface area contributed by atoms with Crippen molar-refractivity contribution in [3.63, 3.8) is 0 Å². The summed E-state index contributed by atoms with van der Waals surface area (Å²) in [4.78, 5) is 27.9. The first-order valence-corrected chi connectivity index (χ1v) is 10.0. The van der Waals surface area contributed by atoms with E-state index in [2.05, 4.69) is 25.2 Å². The average Bonchev–Trinajstić information content (AvgIpc) is 3.16. The Hall–Kier alpha value is -2.13. The number of ether oxygens (including phenoxy) is 1. The molecule has 0 aliphatic carbocycles. The Morgan fingerprint density at radius 3 is 2.52 bits per heavy atom. The highest BCUT2D eigenvalue weighted by molar-refractivity contribution is 6.68. The molecule has 29 heavy (non-hydrogen) atoms. The molecule has 11 heteroatoms. The Morgan fingerprint density at radius 1 is 1.10 bits per heavy atom. The van der Waals surface area contributed by atoms with Gasteiger partial charge in [0.25, 0.3) is 5.91 Å². The van der Waals surface area contributed by atoms with Crippen LogP contribution in [0.5, 0.6) is 0 Å². The summed E-state index contributed by atoms with van der Waals surface area (Å²) in [6.07, 6.45) is 1.89. The first kappa shape index (κ1) is 20.2. The number of nitrogens with zero attached hydrogens (tertiary/aromatic N) is 5. The van der Waals surface area contributed by atoms with E-state index in [1.807, 2.05) is 6.07 Å². The van der Waals surface area contributed by atoms with Gasteiger partial charge in [0.1, 0.15) is 6.33 Å². The summed E-state index contributed by atoms with van der Waals surface area (Å²) in [6, 6.07) is 8.68. The van der Waals surface area contributed by atoms with Gasteiger partial charge in [0, 0.05) is 18.7 Å². The van der Waals surface area contributed by atoms with E-state index in [0.717, 1.165) is 0 Å². The number of carbonyl (C=O) groups is 1. The predicted molar refractivity (Wildman–Crippen MR) is 112 cm³/mol. The number of fused-ring (bicyclic) bond motifs is 1. The third-order valence-electron chi connectivity index (χ3n) is 4.54. The largest absolute Gasteiger partial charge is 0.378 e. The minimum atomic E-state index is -1.85. The van der Waals surface area contributed by atoms with Crippen LogP contribution in [0.15, 0.2) is 43.0 Å². The second kappa shape index (κ2) is 8.31. The number of morpholine rings is 1. The van der Waals surface area contributed by atoms with Crippen LogP contribution in [-0.2, 0) is 4.74 Å². The van der Waals surface area contributed by atoms with Crippen molar-refractivity contribution in [2.24, 2.45) is 0 Å². The Labute approximate surface area is 181 Å². The van der Waals surface area contributed by atoms with Gasteiger partial charge in [-0.15, -0.1) is 0 Å². The molecule has 1 aromatic carbocycles. The molecule has 152 valence electrons. The fraction of sp³-hybridized carbons (Fsp3) is 0.333. The molecule has 1 saturated heterocycles. The van der Waals surface area contributed by atoms with E-state index in [-0.39, 0.29) is 5.91 Å². The van der Waals surface area contributed by atoms with E-state index in [1.165, 1.54) is 17.2 Å². The van der Waals surface area contributed by atoms with Crippen LogP contribution in [0.4, 0.5) is 5.82 Å². The van der Waals surface area contributed by atoms with Crippen LogP contribution in [0.25, 0.3) is 11.2 Å². The van der Waals surface area contributed by atoms with Crippen LogP contribution in [0.3, 0.4) is 0 Å². The van der Waals surface area contributed by atoms with Gasteiger partial charge in [0.05, 0.1) is 19.5 Å². The van der Waals surface area contributed by atoms with E-state index < -0.39 is 9.96 Å². The highest BCUT2D eigenvalue weighted by Gasteiger charge is 2.37. The summed E-state index contributed by atoms with van der Waals surface area (Å²) in [6.45, 7) is 2.60. The van der Waals surface area contributed by atoms with E-state index in [0.29, 0.717) is 48.8 Å². The van der Waals surface area contributed by atoms with Gasteiger partial charge in [-0.25, -0.2) is 15.0 Å². The lowest BCUT2D eigenvalue weighted by Gasteiger charge is -2.28. The number of rotatable bonds is 4. The van der Waals surface area contributed by atoms with Gasteiger partial charge < -0.3 is 15.0 Å². The fourth-order valence-electron chi connectivity index (χ4n) is 3.14. The standard InChI is InChI=1S/C18H17Cl3N6O2/c19-18(20,21)17(25-16(28)12-4-2-1-3-5-12)27-11-24-13-14(22-10-23-15(13)27)26-6-8-29-9-7-26/h1-5,10-11,17H,6-9H2,(H,25,28). The monoisotopic (exact) mass is 454 g/mol. The first-order valence-electron chi connectivity index (χ1n) is 8.88. The number of carbonyl (C=O) groups excluding carboxylic acids is 1. The number of nitrogens with one attached hydrogen (secondary N) is 1. The van der Waals surface area contributed by atoms with Crippen molar-refractivity contribution in [1.29, 1.82) is 0 Å². The fourth-order valence-corrected chi connectivity index (χ4v) is 3.62. The second-order valence-corrected chi connectivity index (χ2v) is 8.77. The van der Waals surface area contributed by atoms with E-state index in [4.69, 9.17) is 39.5 Å². The average molecular weight is 456 g/mol. The molecule has 0 radical (unpaired) electrons. The van der Waals surface area contributed by atoms with Gasteiger partial charge in [-0.2, -0.15) is 0 Å². The molecule has 1 aliphatic heterocycles. The van der Waals surface area contributed by atoms with Crippen molar-refractivity contribution < 1.29 is 9.53 Å². The van der Waals surface area contributed by atoms with Crippen molar-refractivity contribution in [3.05, 3.63) is 48.5 Å². The van der Waals surface area contributed by atoms with Gasteiger partial charge in [-0.1, -0.05) is 53.0 Å². The van der Waals surface area contributed by atoms with E-state index in [9.17, 15) is 4.79 Å². The molecule has 0 saturated carbocycles. The summed E-state index contributed by atoms with van der Waals surface area (Å²) in [5.41, 5.74) is 1.45. The maximum Gasteiger partial charge on any atom is 0.253 e. The Balaban J connectivity index is 1.71. The number of hydrogen-bond acceptors (Lipinski definition) is 6. The number of amides is 1. The molecule has 2 aromatic heterocycles. The van der Waals surface area contributed by atoms with Crippen molar-refractivity contribution >= 4 is 57.7 Å². The molecule has 8 nitrogen and oxygen atoms in total. The second-order valence-electron chi connectivity index (χ2n) is 6.40. The van der Waals surface area contributed by atoms with E-state index in [1.54, 1.807) is 24.3 Å². The number of anilines is 1. The summed E-state index contributed by atoms with van der Waals surface area (Å²) >= 11 is 18.6. The molecule has 1 fully saturated rings. The van der Waals surface area contributed by atoms with Crippen molar-refractivity contribution in [2.75, 3.05) is 31.2 Å². The van der Waals surface area contributed by atoms with Crippen LogP contribution in [-0.4, -0.2) is 55.5 Å². The molecule has 3 aromatic rings. The molecule has 1 aliphatic rings. The summed E-state index contributed by atoms with van der Waals surface area (Å²) < 4.78 is 5.09. The zero-order valence-electron chi connectivity index (χ0n) is 15.1. The summed E-state index contributed by atoms with van der Waals surface area (Å²) in [7, 11) is 0. The van der Waals surface area contributed by atoms with Crippen LogP contribution in [0, 0.1) is 0 Å². The molecular weight excluding hydrogens is 439 g/mol. The molecule has 4 rings (SSSR count). The maximum atomic E-state index is 12.7. The highest BCUT2D eigenvalue weighted by Crippen LogP contribution is 2.38. The number of benzene rings is 1. The molecule has 0 bridgehead atoms. The first-order chi connectivity index (χ1) is 13.9. The lowest BCUT2D eigenvalue weighted by atomic mass is 10.2. The highest BCUT2D eigenvalue weighted by atomic mass is 35.6. The van der Waals surface area contributed by atoms with Crippen molar-refractivity contribution in [1.82, 2.24) is 24.8 Å². The lowest BCUT2D eigenvalue weighted by molar-refractivity contribution is 0.0921. The Bertz CT molecular complexity index is 1000. The van der Waals surface area contributed by atoms with Gasteiger partial charge in [-0.3, -0.25) is 9.36 Å². The van der Waals surface area contributed by atoms with Gasteiger partial charge in [-0.05, 0) is 12.1 Å². The minimum absolute atomic E-state index is 0.383. The minimum Gasteiger partial charge on any atom is -0.378 e.